The number of carbonyl (C=O) groups is 1. The second kappa shape index (κ2) is 11.4. The minimum Gasteiger partial charge on any atom is -0.477 e. The Balaban J connectivity index is 1.14. The molecule has 6 aromatic carbocycles. The van der Waals surface area contributed by atoms with E-state index in [1.165, 1.54) is 27.9 Å². The van der Waals surface area contributed by atoms with Gasteiger partial charge in [0, 0.05) is 32.9 Å². The van der Waals surface area contributed by atoms with Crippen LogP contribution in [0.3, 0.4) is 0 Å². The molecule has 0 fully saturated rings. The van der Waals surface area contributed by atoms with Crippen molar-refractivity contribution < 1.29 is 9.90 Å². The minimum absolute atomic E-state index is 0.304. The molecule has 2 aromatic heterocycles. The summed E-state index contributed by atoms with van der Waals surface area (Å²) < 4.78 is 4.60. The summed E-state index contributed by atoms with van der Waals surface area (Å²) in [6, 6.07) is 50.8. The summed E-state index contributed by atoms with van der Waals surface area (Å²) in [5.74, 6) is -1.24. The molecule has 0 unspecified atom stereocenters. The fraction of sp³-hybridized carbons (Fsp3) is 0. The van der Waals surface area contributed by atoms with Crippen LogP contribution in [0.2, 0.25) is 0 Å². The maximum atomic E-state index is 11.1. The third-order valence-corrected chi connectivity index (χ3v) is 8.76. The van der Waals surface area contributed by atoms with Crippen LogP contribution in [0.1, 0.15) is 5.56 Å². The molecular weight excluding hydrogens is 578 g/mol. The molecule has 2 heterocycles. The number of hydrogen-bond donors (Lipinski definition) is 1. The lowest BCUT2D eigenvalue weighted by atomic mass is 10.0. The van der Waals surface area contributed by atoms with Crippen molar-refractivity contribution in [1.82, 2.24) is 9.13 Å². The summed E-state index contributed by atoms with van der Waals surface area (Å²) in [6.45, 7) is 0. The van der Waals surface area contributed by atoms with Gasteiger partial charge in [0.25, 0.3) is 0 Å². The molecule has 0 amide bonds. The minimum atomic E-state index is -1.24. The molecule has 47 heavy (non-hydrogen) atoms. The van der Waals surface area contributed by atoms with Crippen molar-refractivity contribution in [1.29, 1.82) is 5.26 Å². The normalized spacial score (nSPS) is 12.0. The molecule has 0 spiro atoms. The predicted octanol–water partition coefficient (Wildman–Crippen LogP) is 10.1. The molecule has 8 rings (SSSR count). The van der Waals surface area contributed by atoms with Crippen molar-refractivity contribution in [3.63, 3.8) is 0 Å². The standard InChI is InChI=1S/C42H27N3O2/c43-27-31(42(46)47)9-7-8-28-16-25-41-37(26-28)36-12-3-6-15-40(36)45(41)33-23-19-30(20-24-33)29-17-21-32(22-18-29)44-38-13-4-1-10-34(38)35-11-2-5-14-39(35)44/h1-26H,(H,46,47)/b8-7+,31-9+. The zero-order valence-electron chi connectivity index (χ0n) is 25.2. The van der Waals surface area contributed by atoms with Crippen molar-refractivity contribution in [2.45, 2.75) is 0 Å². The molecule has 0 atom stereocenters. The highest BCUT2D eigenvalue weighted by Gasteiger charge is 2.14. The van der Waals surface area contributed by atoms with Crippen LogP contribution in [0.15, 0.2) is 157 Å². The fourth-order valence-corrected chi connectivity index (χ4v) is 6.59. The van der Waals surface area contributed by atoms with Gasteiger partial charge in [-0.2, -0.15) is 5.26 Å². The summed E-state index contributed by atoms with van der Waals surface area (Å²) in [4.78, 5) is 11.1. The Kier molecular flexibility index (Phi) is 6.75. The molecule has 8 aromatic rings. The number of fused-ring (bicyclic) bond motifs is 6. The van der Waals surface area contributed by atoms with E-state index in [1.807, 2.05) is 24.3 Å². The van der Waals surface area contributed by atoms with Crippen LogP contribution in [-0.4, -0.2) is 20.2 Å². The zero-order valence-corrected chi connectivity index (χ0v) is 25.2. The molecular formula is C42H27N3O2. The Morgan fingerprint density at radius 3 is 1.49 bits per heavy atom. The zero-order chi connectivity index (χ0) is 31.9. The summed E-state index contributed by atoms with van der Waals surface area (Å²) >= 11 is 0. The van der Waals surface area contributed by atoms with Crippen LogP contribution in [0, 0.1) is 11.3 Å². The van der Waals surface area contributed by atoms with Gasteiger partial charge in [0.15, 0.2) is 0 Å². The molecule has 0 radical (unpaired) electrons. The Hall–Kier alpha value is -6.64. The quantitative estimate of drug-likeness (QED) is 0.116. The number of nitrogens with zero attached hydrogens (tertiary/aromatic N) is 3. The molecule has 1 N–H and O–H groups in total. The molecule has 5 nitrogen and oxygen atoms in total. The summed E-state index contributed by atoms with van der Waals surface area (Å²) in [6.07, 6.45) is 4.73. The largest absolute Gasteiger partial charge is 0.477 e. The van der Waals surface area contributed by atoms with E-state index in [9.17, 15) is 4.79 Å². The summed E-state index contributed by atoms with van der Waals surface area (Å²) in [5, 5.41) is 22.8. The first-order chi connectivity index (χ1) is 23.1. The number of aliphatic carboxylic acids is 1. The van der Waals surface area contributed by atoms with Gasteiger partial charge in [-0.3, -0.25) is 0 Å². The molecule has 0 aliphatic carbocycles. The van der Waals surface area contributed by atoms with Crippen LogP contribution < -0.4 is 0 Å². The molecule has 0 bridgehead atoms. The smallest absolute Gasteiger partial charge is 0.346 e. The van der Waals surface area contributed by atoms with Gasteiger partial charge in [0.1, 0.15) is 11.6 Å². The first-order valence-corrected chi connectivity index (χ1v) is 15.3. The van der Waals surface area contributed by atoms with Crippen LogP contribution in [0.25, 0.3) is 72.2 Å². The van der Waals surface area contributed by atoms with E-state index in [0.717, 1.165) is 49.9 Å². The van der Waals surface area contributed by atoms with E-state index < -0.39 is 5.97 Å². The molecule has 0 saturated heterocycles. The monoisotopic (exact) mass is 605 g/mol. The lowest BCUT2D eigenvalue weighted by molar-refractivity contribution is -0.132. The van der Waals surface area contributed by atoms with Gasteiger partial charge in [-0.1, -0.05) is 97.1 Å². The summed E-state index contributed by atoms with van der Waals surface area (Å²) in [7, 11) is 0. The molecule has 0 aliphatic rings. The number of hydrogen-bond acceptors (Lipinski definition) is 2. The maximum Gasteiger partial charge on any atom is 0.346 e. The average molecular weight is 606 g/mol. The lowest BCUT2D eigenvalue weighted by Crippen LogP contribution is -1.96. The van der Waals surface area contributed by atoms with E-state index in [-0.39, 0.29) is 5.57 Å². The van der Waals surface area contributed by atoms with Gasteiger partial charge >= 0.3 is 5.97 Å². The topological polar surface area (TPSA) is 71.0 Å². The Morgan fingerprint density at radius 2 is 1.02 bits per heavy atom. The van der Waals surface area contributed by atoms with E-state index in [2.05, 4.69) is 130 Å². The third-order valence-electron chi connectivity index (χ3n) is 8.76. The van der Waals surface area contributed by atoms with Crippen LogP contribution >= 0.6 is 0 Å². The van der Waals surface area contributed by atoms with Gasteiger partial charge in [-0.25, -0.2) is 4.79 Å². The number of nitriles is 1. The van der Waals surface area contributed by atoms with Crippen molar-refractivity contribution in [2.75, 3.05) is 0 Å². The van der Waals surface area contributed by atoms with Crippen molar-refractivity contribution in [2.24, 2.45) is 0 Å². The second-order valence-corrected chi connectivity index (χ2v) is 11.4. The lowest BCUT2D eigenvalue weighted by Gasteiger charge is -2.11. The Labute approximate surface area is 270 Å². The molecule has 0 saturated carbocycles. The Bertz CT molecular complexity index is 2540. The summed E-state index contributed by atoms with van der Waals surface area (Å²) in [5.41, 5.74) is 9.67. The van der Waals surface area contributed by atoms with Crippen LogP contribution in [0.5, 0.6) is 0 Å². The molecule has 5 heteroatoms. The number of carboxylic acid groups (broad SMARTS) is 1. The van der Waals surface area contributed by atoms with E-state index in [1.54, 1.807) is 12.1 Å². The van der Waals surface area contributed by atoms with Crippen molar-refractivity contribution in [3.8, 4) is 28.6 Å². The van der Waals surface area contributed by atoms with Gasteiger partial charge < -0.3 is 14.2 Å². The Morgan fingerprint density at radius 1 is 0.574 bits per heavy atom. The van der Waals surface area contributed by atoms with Crippen LogP contribution in [0.4, 0.5) is 0 Å². The number of aromatic nitrogens is 2. The third kappa shape index (κ3) is 4.77. The fourth-order valence-electron chi connectivity index (χ4n) is 6.59. The van der Waals surface area contributed by atoms with E-state index >= 15 is 0 Å². The predicted molar refractivity (Wildman–Crippen MR) is 191 cm³/mol. The maximum absolute atomic E-state index is 11.1. The number of rotatable bonds is 6. The van der Waals surface area contributed by atoms with E-state index in [4.69, 9.17) is 10.4 Å². The van der Waals surface area contributed by atoms with Crippen molar-refractivity contribution >= 4 is 55.7 Å². The first-order valence-electron chi connectivity index (χ1n) is 15.3. The number of para-hydroxylation sites is 3. The number of carboxylic acids is 1. The van der Waals surface area contributed by atoms with Gasteiger partial charge in [0.2, 0.25) is 0 Å². The SMILES string of the molecule is N#C/C(=C\C=C\c1ccc2c(c1)c1ccccc1n2-c1ccc(-c2ccc(-n3c4ccccc4c4ccccc43)cc2)cc1)C(=O)O. The van der Waals surface area contributed by atoms with Gasteiger partial charge in [-0.05, 0) is 77.4 Å². The van der Waals surface area contributed by atoms with E-state index in [0.29, 0.717) is 0 Å². The van der Waals surface area contributed by atoms with Crippen LogP contribution in [-0.2, 0) is 4.79 Å². The highest BCUT2D eigenvalue weighted by atomic mass is 16.4. The molecule has 0 aliphatic heterocycles. The number of allylic oxidation sites excluding steroid dienone is 2. The number of benzene rings is 6. The highest BCUT2D eigenvalue weighted by Crippen LogP contribution is 2.35. The first kappa shape index (κ1) is 27.9. The van der Waals surface area contributed by atoms with Gasteiger partial charge in [0.05, 0.1) is 22.1 Å². The van der Waals surface area contributed by atoms with Gasteiger partial charge in [-0.15, -0.1) is 0 Å². The van der Waals surface area contributed by atoms with Crippen molar-refractivity contribution in [3.05, 3.63) is 163 Å². The average Bonchev–Trinajstić information content (AvgIpc) is 3.63. The highest BCUT2D eigenvalue weighted by molar-refractivity contribution is 6.10. The second-order valence-electron chi connectivity index (χ2n) is 11.4. The molecule has 222 valence electrons.